The molecule has 7 nitrogen and oxygen atoms in total. The molecular weight excluding hydrogens is 234 g/mol. The van der Waals surface area contributed by atoms with Crippen molar-refractivity contribution in [3.63, 3.8) is 0 Å². The maximum Gasteiger partial charge on any atom is 0.331 e. The molecule has 0 atom stereocenters. The van der Waals surface area contributed by atoms with E-state index < -0.39 is 5.69 Å². The van der Waals surface area contributed by atoms with Crippen LogP contribution >= 0.6 is 0 Å². The number of aromatic nitrogens is 4. The highest BCUT2D eigenvalue weighted by Crippen LogP contribution is 1.96. The van der Waals surface area contributed by atoms with E-state index in [0.29, 0.717) is 11.2 Å². The number of nitrogens with zero attached hydrogens (tertiary/aromatic N) is 2. The second kappa shape index (κ2) is 4.77. The van der Waals surface area contributed by atoms with Crippen LogP contribution in [0.25, 0.3) is 11.2 Å². The number of hydrogen-bond acceptors (Lipinski definition) is 2. The molecule has 0 spiro atoms. The van der Waals surface area contributed by atoms with Gasteiger partial charge in [0.25, 0.3) is 11.2 Å². The number of aryl methyl sites for hydroxylation is 2. The summed E-state index contributed by atoms with van der Waals surface area (Å²) in [5.74, 6) is 0. The van der Waals surface area contributed by atoms with E-state index in [1.54, 1.807) is 13.4 Å². The summed E-state index contributed by atoms with van der Waals surface area (Å²) in [6, 6.07) is 0. The van der Waals surface area contributed by atoms with Crippen molar-refractivity contribution in [2.75, 3.05) is 20.6 Å². The van der Waals surface area contributed by atoms with Crippen molar-refractivity contribution in [3.05, 3.63) is 27.2 Å². The number of nitrogens with one attached hydrogen (secondary N) is 3. The molecule has 2 rings (SSSR count). The summed E-state index contributed by atoms with van der Waals surface area (Å²) in [5, 5.41) is 0. The Balaban J connectivity index is 2.39. The molecule has 2 aromatic rings. The van der Waals surface area contributed by atoms with Crippen LogP contribution in [0.1, 0.15) is 6.42 Å². The summed E-state index contributed by atoms with van der Waals surface area (Å²) in [4.78, 5) is 29.9. The third-order valence-corrected chi connectivity index (χ3v) is 3.02. The Kier molecular flexibility index (Phi) is 3.33. The van der Waals surface area contributed by atoms with Crippen molar-refractivity contribution in [3.8, 4) is 0 Å². The summed E-state index contributed by atoms with van der Waals surface area (Å²) < 4.78 is 3.26. The normalized spacial score (nSPS) is 11.6. The molecule has 0 aromatic carbocycles. The fraction of sp³-hybridized carbons (Fsp3) is 0.545. The molecule has 0 saturated carbocycles. The van der Waals surface area contributed by atoms with Gasteiger partial charge in [0.2, 0.25) is 6.33 Å². The number of imidazole rings is 1. The van der Waals surface area contributed by atoms with Crippen molar-refractivity contribution in [2.45, 2.75) is 13.0 Å². The van der Waals surface area contributed by atoms with E-state index in [1.165, 1.54) is 9.47 Å². The summed E-state index contributed by atoms with van der Waals surface area (Å²) in [6.45, 7) is 1.79. The van der Waals surface area contributed by atoms with Crippen molar-refractivity contribution in [2.24, 2.45) is 7.05 Å². The van der Waals surface area contributed by atoms with Crippen LogP contribution in [-0.2, 0) is 13.6 Å². The van der Waals surface area contributed by atoms with Crippen LogP contribution in [0.5, 0.6) is 0 Å². The van der Waals surface area contributed by atoms with E-state index in [4.69, 9.17) is 0 Å². The Morgan fingerprint density at radius 1 is 1.39 bits per heavy atom. The zero-order valence-electron chi connectivity index (χ0n) is 10.9. The number of rotatable bonds is 4. The molecule has 0 bridgehead atoms. The first kappa shape index (κ1) is 12.6. The van der Waals surface area contributed by atoms with Gasteiger partial charge in [0.15, 0.2) is 0 Å². The molecule has 0 aliphatic heterocycles. The van der Waals surface area contributed by atoms with Gasteiger partial charge >= 0.3 is 11.2 Å². The first-order chi connectivity index (χ1) is 8.50. The zero-order chi connectivity index (χ0) is 13.3. The van der Waals surface area contributed by atoms with E-state index in [1.807, 2.05) is 4.57 Å². The van der Waals surface area contributed by atoms with Crippen molar-refractivity contribution in [1.82, 2.24) is 14.5 Å². The topological polar surface area (TPSA) is 79.0 Å². The molecular formula is C11H19N5O2+2. The fourth-order valence-electron chi connectivity index (χ4n) is 2.02. The average molecular weight is 253 g/mol. The predicted molar refractivity (Wildman–Crippen MR) is 66.7 cm³/mol. The SMILES string of the molecule is Cn1c(=O)[nH]c(=O)c2c1[nH]c[n+]2CCC[NH+](C)C. The first-order valence-corrected chi connectivity index (χ1v) is 5.99. The van der Waals surface area contributed by atoms with Gasteiger partial charge in [-0.25, -0.2) is 14.3 Å². The number of quaternary nitrogens is 1. The van der Waals surface area contributed by atoms with Gasteiger partial charge in [-0.05, 0) is 0 Å². The minimum atomic E-state index is -0.403. The zero-order valence-corrected chi connectivity index (χ0v) is 10.9. The van der Waals surface area contributed by atoms with Crippen LogP contribution in [0.15, 0.2) is 15.9 Å². The van der Waals surface area contributed by atoms with E-state index in [2.05, 4.69) is 24.1 Å². The lowest BCUT2D eigenvalue weighted by Crippen LogP contribution is -3.05. The molecule has 0 radical (unpaired) electrons. The Labute approximate surface area is 104 Å². The van der Waals surface area contributed by atoms with Crippen LogP contribution < -0.4 is 20.7 Å². The first-order valence-electron chi connectivity index (χ1n) is 5.99. The largest absolute Gasteiger partial charge is 0.340 e. The van der Waals surface area contributed by atoms with Crippen molar-refractivity contribution >= 4 is 11.2 Å². The molecule has 0 saturated heterocycles. The summed E-state index contributed by atoms with van der Waals surface area (Å²) >= 11 is 0. The number of hydrogen-bond donors (Lipinski definition) is 3. The van der Waals surface area contributed by atoms with Crippen LogP contribution in [0.4, 0.5) is 0 Å². The molecule has 2 aromatic heterocycles. The summed E-state index contributed by atoms with van der Waals surface area (Å²) in [5.41, 5.74) is 0.331. The van der Waals surface area contributed by atoms with E-state index in [0.717, 1.165) is 19.5 Å². The minimum Gasteiger partial charge on any atom is -0.340 e. The minimum absolute atomic E-state index is 0.341. The highest BCUT2D eigenvalue weighted by Gasteiger charge is 2.17. The van der Waals surface area contributed by atoms with Gasteiger partial charge in [-0.3, -0.25) is 14.3 Å². The van der Waals surface area contributed by atoms with E-state index in [9.17, 15) is 9.59 Å². The molecule has 0 aliphatic carbocycles. The van der Waals surface area contributed by atoms with Crippen molar-refractivity contribution < 1.29 is 9.47 Å². The van der Waals surface area contributed by atoms with Gasteiger partial charge in [0.05, 0.1) is 27.2 Å². The Hall–Kier alpha value is -1.89. The third-order valence-electron chi connectivity index (χ3n) is 3.02. The predicted octanol–water partition coefficient (Wildman–Crippen LogP) is -2.62. The second-order valence-electron chi connectivity index (χ2n) is 4.79. The van der Waals surface area contributed by atoms with Gasteiger partial charge in [-0.15, -0.1) is 0 Å². The van der Waals surface area contributed by atoms with Gasteiger partial charge < -0.3 is 4.90 Å². The van der Waals surface area contributed by atoms with Gasteiger partial charge in [-0.2, -0.15) is 0 Å². The van der Waals surface area contributed by atoms with Gasteiger partial charge in [0.1, 0.15) is 0 Å². The maximum absolute atomic E-state index is 11.8. The molecule has 18 heavy (non-hydrogen) atoms. The van der Waals surface area contributed by atoms with Crippen molar-refractivity contribution in [1.29, 1.82) is 0 Å². The monoisotopic (exact) mass is 253 g/mol. The number of fused-ring (bicyclic) bond motifs is 1. The lowest BCUT2D eigenvalue weighted by atomic mass is 10.4. The van der Waals surface area contributed by atoms with Crippen LogP contribution in [0.3, 0.4) is 0 Å². The van der Waals surface area contributed by atoms with Crippen LogP contribution in [0.2, 0.25) is 0 Å². The smallest absolute Gasteiger partial charge is 0.331 e. The lowest BCUT2D eigenvalue weighted by Gasteiger charge is -2.04. The molecule has 3 N–H and O–H groups in total. The van der Waals surface area contributed by atoms with Crippen LogP contribution in [0, 0.1) is 0 Å². The molecule has 0 amide bonds. The fourth-order valence-corrected chi connectivity index (χ4v) is 2.02. The highest BCUT2D eigenvalue weighted by atomic mass is 16.2. The number of H-pyrrole nitrogens is 2. The standard InChI is InChI=1S/C11H17N5O2/c1-14(2)5-4-6-16-7-12-9-8(16)10(17)13-11(18)15(9)3/h7H,4-6H2,1-3H3,(H,13,17,18)/p+2. The molecule has 98 valence electrons. The highest BCUT2D eigenvalue weighted by molar-refractivity contribution is 5.64. The Morgan fingerprint density at radius 2 is 2.11 bits per heavy atom. The average Bonchev–Trinajstić information content (AvgIpc) is 2.70. The molecule has 7 heteroatoms. The van der Waals surface area contributed by atoms with Gasteiger partial charge in [-0.1, -0.05) is 0 Å². The Bertz CT molecular complexity index is 664. The van der Waals surface area contributed by atoms with Crippen LogP contribution in [-0.4, -0.2) is 35.2 Å². The molecule has 2 heterocycles. The van der Waals surface area contributed by atoms with E-state index >= 15 is 0 Å². The number of aromatic amines is 2. The van der Waals surface area contributed by atoms with Gasteiger partial charge in [0, 0.05) is 13.5 Å². The maximum atomic E-state index is 11.8. The summed E-state index contributed by atoms with van der Waals surface area (Å²) in [7, 11) is 5.82. The van der Waals surface area contributed by atoms with E-state index in [-0.39, 0.29) is 5.56 Å². The second-order valence-corrected chi connectivity index (χ2v) is 4.79. The lowest BCUT2D eigenvalue weighted by molar-refractivity contribution is -0.861. The third kappa shape index (κ3) is 2.21. The Morgan fingerprint density at radius 3 is 2.78 bits per heavy atom. The summed E-state index contributed by atoms with van der Waals surface area (Å²) in [6.07, 6.45) is 2.71. The molecule has 0 fully saturated rings. The molecule has 0 unspecified atom stereocenters. The molecule has 0 aliphatic rings. The quantitative estimate of drug-likeness (QED) is 0.522.